The summed E-state index contributed by atoms with van der Waals surface area (Å²) in [6.07, 6.45) is 5.07. The molecule has 0 heterocycles. The minimum atomic E-state index is -3.44. The summed E-state index contributed by atoms with van der Waals surface area (Å²) < 4.78 is 27.8. The first-order chi connectivity index (χ1) is 12.0. The van der Waals surface area contributed by atoms with Gasteiger partial charge in [-0.05, 0) is 73.1 Å². The molecule has 0 atom stereocenters. The van der Waals surface area contributed by atoms with Crippen LogP contribution in [-0.4, -0.2) is 29.1 Å². The van der Waals surface area contributed by atoms with Crippen molar-refractivity contribution < 1.29 is 8.42 Å². The second-order valence-corrected chi connectivity index (χ2v) is 8.61. The molecule has 0 fully saturated rings. The summed E-state index contributed by atoms with van der Waals surface area (Å²) in [4.78, 5) is 2.43. The van der Waals surface area contributed by atoms with E-state index in [1.807, 2.05) is 55.4 Å². The fraction of sp³-hybridized carbons (Fsp3) is 0.400. The Labute approximate surface area is 150 Å². The van der Waals surface area contributed by atoms with Crippen LogP contribution in [-0.2, 0) is 29.3 Å². The van der Waals surface area contributed by atoms with Crippen molar-refractivity contribution in [2.45, 2.75) is 37.0 Å². The van der Waals surface area contributed by atoms with Gasteiger partial charge in [-0.25, -0.2) is 13.1 Å². The third-order valence-electron chi connectivity index (χ3n) is 4.79. The number of anilines is 1. The monoisotopic (exact) mass is 358 g/mol. The first kappa shape index (κ1) is 18.0. The lowest BCUT2D eigenvalue weighted by Crippen LogP contribution is -2.26. The zero-order valence-corrected chi connectivity index (χ0v) is 15.8. The van der Waals surface area contributed by atoms with Gasteiger partial charge in [0.05, 0.1) is 4.90 Å². The lowest BCUT2D eigenvalue weighted by atomic mass is 9.92. The highest BCUT2D eigenvalue weighted by Crippen LogP contribution is 2.24. The number of hydrogen-bond acceptors (Lipinski definition) is 3. The SMILES string of the molecule is CN(C)c1ccc(CCNS(=O)(=O)c2ccc3c(c2)CCCC3)cc1. The van der Waals surface area contributed by atoms with E-state index >= 15 is 0 Å². The van der Waals surface area contributed by atoms with Gasteiger partial charge in [0, 0.05) is 26.3 Å². The second kappa shape index (κ2) is 7.58. The van der Waals surface area contributed by atoms with Crippen LogP contribution in [0.2, 0.25) is 0 Å². The molecule has 0 radical (unpaired) electrons. The number of fused-ring (bicyclic) bond motifs is 1. The summed E-state index contributed by atoms with van der Waals surface area (Å²) in [6, 6.07) is 13.7. The van der Waals surface area contributed by atoms with E-state index in [4.69, 9.17) is 0 Å². The number of nitrogens with one attached hydrogen (secondary N) is 1. The predicted octanol–water partition coefficient (Wildman–Crippen LogP) is 3.15. The van der Waals surface area contributed by atoms with Gasteiger partial charge in [0.25, 0.3) is 0 Å². The zero-order chi connectivity index (χ0) is 17.9. The van der Waals surface area contributed by atoms with Gasteiger partial charge in [-0.3, -0.25) is 0 Å². The van der Waals surface area contributed by atoms with E-state index in [-0.39, 0.29) is 0 Å². The average molecular weight is 359 g/mol. The standard InChI is InChI=1S/C20H26N2O2S/c1-22(2)19-10-7-16(8-11-19)13-14-21-25(23,24)20-12-9-17-5-3-4-6-18(17)15-20/h7-12,15,21H,3-6,13-14H2,1-2H3. The summed E-state index contributed by atoms with van der Waals surface area (Å²) in [5.41, 5.74) is 4.75. The maximum atomic E-state index is 12.5. The summed E-state index contributed by atoms with van der Waals surface area (Å²) in [7, 11) is 0.560. The fourth-order valence-corrected chi connectivity index (χ4v) is 4.33. The van der Waals surface area contributed by atoms with Gasteiger partial charge in [-0.2, -0.15) is 0 Å². The Morgan fingerprint density at radius 3 is 2.32 bits per heavy atom. The highest BCUT2D eigenvalue weighted by Gasteiger charge is 2.17. The molecule has 0 unspecified atom stereocenters. The van der Waals surface area contributed by atoms with Crippen molar-refractivity contribution in [3.05, 3.63) is 59.2 Å². The molecule has 4 nitrogen and oxygen atoms in total. The molecule has 2 aromatic carbocycles. The lowest BCUT2D eigenvalue weighted by Gasteiger charge is -2.17. The summed E-state index contributed by atoms with van der Waals surface area (Å²) >= 11 is 0. The molecule has 0 spiro atoms. The Morgan fingerprint density at radius 1 is 0.960 bits per heavy atom. The van der Waals surface area contributed by atoms with Crippen LogP contribution in [0.3, 0.4) is 0 Å². The average Bonchev–Trinajstić information content (AvgIpc) is 2.61. The maximum absolute atomic E-state index is 12.5. The first-order valence-electron chi connectivity index (χ1n) is 8.83. The largest absolute Gasteiger partial charge is 0.378 e. The Kier molecular flexibility index (Phi) is 5.45. The number of rotatable bonds is 6. The predicted molar refractivity (Wildman–Crippen MR) is 103 cm³/mol. The minimum Gasteiger partial charge on any atom is -0.378 e. The molecule has 0 amide bonds. The zero-order valence-electron chi connectivity index (χ0n) is 15.0. The van der Waals surface area contributed by atoms with Gasteiger partial charge in [-0.15, -0.1) is 0 Å². The smallest absolute Gasteiger partial charge is 0.240 e. The molecule has 0 aliphatic heterocycles. The number of hydrogen-bond donors (Lipinski definition) is 1. The van der Waals surface area contributed by atoms with Gasteiger partial charge in [0.1, 0.15) is 0 Å². The Morgan fingerprint density at radius 2 is 1.64 bits per heavy atom. The molecule has 1 aliphatic carbocycles. The lowest BCUT2D eigenvalue weighted by molar-refractivity contribution is 0.581. The third-order valence-corrected chi connectivity index (χ3v) is 6.25. The van der Waals surface area contributed by atoms with E-state index < -0.39 is 10.0 Å². The molecule has 1 N–H and O–H groups in total. The van der Waals surface area contributed by atoms with Gasteiger partial charge in [0.2, 0.25) is 10.0 Å². The van der Waals surface area contributed by atoms with Crippen LogP contribution >= 0.6 is 0 Å². The summed E-state index contributed by atoms with van der Waals surface area (Å²) in [5.74, 6) is 0. The molecule has 0 saturated heterocycles. The van der Waals surface area contributed by atoms with E-state index in [1.54, 1.807) is 6.07 Å². The molecule has 1 aliphatic rings. The second-order valence-electron chi connectivity index (χ2n) is 6.85. The first-order valence-corrected chi connectivity index (χ1v) is 10.3. The molecule has 134 valence electrons. The molecule has 5 heteroatoms. The Bertz CT molecular complexity index is 827. The van der Waals surface area contributed by atoms with Crippen LogP contribution in [0.5, 0.6) is 0 Å². The molecular weight excluding hydrogens is 332 g/mol. The number of aryl methyl sites for hydroxylation is 2. The van der Waals surface area contributed by atoms with Crippen LogP contribution < -0.4 is 9.62 Å². The molecule has 2 aromatic rings. The van der Waals surface area contributed by atoms with Crippen molar-refractivity contribution in [1.29, 1.82) is 0 Å². The van der Waals surface area contributed by atoms with Gasteiger partial charge in [-0.1, -0.05) is 18.2 Å². The van der Waals surface area contributed by atoms with Crippen LogP contribution in [0.15, 0.2) is 47.4 Å². The van der Waals surface area contributed by atoms with E-state index in [2.05, 4.69) is 4.72 Å². The van der Waals surface area contributed by atoms with Crippen LogP contribution in [0.1, 0.15) is 29.5 Å². The normalized spacial score (nSPS) is 14.2. The summed E-state index contributed by atoms with van der Waals surface area (Å²) in [5, 5.41) is 0. The highest BCUT2D eigenvalue weighted by atomic mass is 32.2. The van der Waals surface area contributed by atoms with Crippen molar-refractivity contribution in [3.63, 3.8) is 0 Å². The van der Waals surface area contributed by atoms with Crippen LogP contribution in [0.25, 0.3) is 0 Å². The van der Waals surface area contributed by atoms with Crippen LogP contribution in [0.4, 0.5) is 5.69 Å². The quantitative estimate of drug-likeness (QED) is 0.863. The van der Waals surface area contributed by atoms with Crippen molar-refractivity contribution in [3.8, 4) is 0 Å². The molecule has 0 saturated carbocycles. The van der Waals surface area contributed by atoms with Crippen molar-refractivity contribution in [1.82, 2.24) is 4.72 Å². The van der Waals surface area contributed by atoms with E-state index in [9.17, 15) is 8.42 Å². The molecule has 25 heavy (non-hydrogen) atoms. The highest BCUT2D eigenvalue weighted by molar-refractivity contribution is 7.89. The molecule has 0 bridgehead atoms. The number of sulfonamides is 1. The third kappa shape index (κ3) is 4.41. The fourth-order valence-electron chi connectivity index (χ4n) is 3.25. The van der Waals surface area contributed by atoms with Gasteiger partial charge >= 0.3 is 0 Å². The van der Waals surface area contributed by atoms with Crippen molar-refractivity contribution in [2.24, 2.45) is 0 Å². The Hall–Kier alpha value is -1.85. The number of nitrogens with zero attached hydrogens (tertiary/aromatic N) is 1. The van der Waals surface area contributed by atoms with E-state index in [0.717, 1.165) is 30.5 Å². The molecule has 0 aromatic heterocycles. The summed E-state index contributed by atoms with van der Waals surface area (Å²) in [6.45, 7) is 0.404. The molecular formula is C20H26N2O2S. The Balaban J connectivity index is 1.62. The van der Waals surface area contributed by atoms with E-state index in [0.29, 0.717) is 17.9 Å². The van der Waals surface area contributed by atoms with E-state index in [1.165, 1.54) is 17.5 Å². The minimum absolute atomic E-state index is 0.385. The van der Waals surface area contributed by atoms with Crippen molar-refractivity contribution >= 4 is 15.7 Å². The van der Waals surface area contributed by atoms with Crippen LogP contribution in [0, 0.1) is 0 Å². The number of benzene rings is 2. The maximum Gasteiger partial charge on any atom is 0.240 e. The van der Waals surface area contributed by atoms with Crippen molar-refractivity contribution in [2.75, 3.05) is 25.5 Å². The van der Waals surface area contributed by atoms with Gasteiger partial charge < -0.3 is 4.90 Å². The topological polar surface area (TPSA) is 49.4 Å². The van der Waals surface area contributed by atoms with Gasteiger partial charge in [0.15, 0.2) is 0 Å². The molecule has 3 rings (SSSR count).